The molecule has 1 aromatic rings. The van der Waals surface area contributed by atoms with E-state index in [4.69, 9.17) is 28.3 Å². The van der Waals surface area contributed by atoms with Crippen molar-refractivity contribution in [2.75, 3.05) is 6.61 Å². The fourth-order valence-corrected chi connectivity index (χ4v) is 2.31. The Kier molecular flexibility index (Phi) is 6.28. The van der Waals surface area contributed by atoms with Crippen LogP contribution in [-0.4, -0.2) is 17.8 Å². The van der Waals surface area contributed by atoms with Crippen molar-refractivity contribution in [2.45, 2.75) is 38.8 Å². The van der Waals surface area contributed by atoms with Crippen molar-refractivity contribution in [3.8, 4) is 0 Å². The lowest BCUT2D eigenvalue weighted by atomic mass is 10.1. The summed E-state index contributed by atoms with van der Waals surface area (Å²) in [4.78, 5) is 0. The highest BCUT2D eigenvalue weighted by molar-refractivity contribution is 6.33. The van der Waals surface area contributed by atoms with E-state index < -0.39 is 0 Å². The van der Waals surface area contributed by atoms with E-state index in [1.807, 2.05) is 12.1 Å². The zero-order chi connectivity index (χ0) is 12.8. The summed E-state index contributed by atoms with van der Waals surface area (Å²) < 4.78 is 0. The minimum Gasteiger partial charge on any atom is -0.396 e. The van der Waals surface area contributed by atoms with Gasteiger partial charge in [-0.25, -0.2) is 0 Å². The number of nitrogens with one attached hydrogen (secondary N) is 1. The van der Waals surface area contributed by atoms with Crippen molar-refractivity contribution < 1.29 is 5.11 Å². The van der Waals surface area contributed by atoms with Crippen LogP contribution in [0.4, 0.5) is 0 Å². The molecule has 2 unspecified atom stereocenters. The second kappa shape index (κ2) is 7.22. The van der Waals surface area contributed by atoms with Gasteiger partial charge >= 0.3 is 0 Å². The molecule has 4 heteroatoms. The molecule has 0 saturated heterocycles. The lowest BCUT2D eigenvalue weighted by molar-refractivity contribution is 0.257. The van der Waals surface area contributed by atoms with Crippen molar-refractivity contribution in [3.63, 3.8) is 0 Å². The van der Waals surface area contributed by atoms with Gasteiger partial charge in [0.25, 0.3) is 0 Å². The highest BCUT2D eigenvalue weighted by atomic mass is 35.5. The molecular weight excluding hydrogens is 257 g/mol. The van der Waals surface area contributed by atoms with Gasteiger partial charge in [-0.2, -0.15) is 0 Å². The standard InChI is InChI=1S/C13H19Cl2NO/c1-3-11(6-7-17)16-9(2)12-8-10(14)4-5-13(12)15/h4-5,8-9,11,16-17H,3,6-7H2,1-2H3. The lowest BCUT2D eigenvalue weighted by Gasteiger charge is -2.22. The number of aliphatic hydroxyl groups excluding tert-OH is 1. The maximum atomic E-state index is 8.96. The highest BCUT2D eigenvalue weighted by Gasteiger charge is 2.14. The number of hydrogen-bond acceptors (Lipinski definition) is 2. The van der Waals surface area contributed by atoms with E-state index in [1.165, 1.54) is 0 Å². The Labute approximate surface area is 113 Å². The van der Waals surface area contributed by atoms with Gasteiger partial charge in [-0.3, -0.25) is 0 Å². The van der Waals surface area contributed by atoms with Crippen LogP contribution in [0.2, 0.25) is 10.0 Å². The first-order chi connectivity index (χ1) is 8.08. The molecule has 1 aromatic carbocycles. The first kappa shape index (κ1) is 14.8. The SMILES string of the molecule is CCC(CCO)NC(C)c1cc(Cl)ccc1Cl. The molecule has 0 radical (unpaired) electrons. The first-order valence-corrected chi connectivity index (χ1v) is 6.66. The lowest BCUT2D eigenvalue weighted by Crippen LogP contribution is -2.31. The van der Waals surface area contributed by atoms with E-state index in [0.29, 0.717) is 16.1 Å². The van der Waals surface area contributed by atoms with Gasteiger partial charge in [0, 0.05) is 28.7 Å². The maximum Gasteiger partial charge on any atom is 0.0454 e. The number of hydrogen-bond donors (Lipinski definition) is 2. The van der Waals surface area contributed by atoms with E-state index in [9.17, 15) is 0 Å². The summed E-state index contributed by atoms with van der Waals surface area (Å²) in [5.74, 6) is 0. The Bertz CT molecular complexity index is 357. The van der Waals surface area contributed by atoms with Gasteiger partial charge in [-0.15, -0.1) is 0 Å². The van der Waals surface area contributed by atoms with Gasteiger partial charge in [0.2, 0.25) is 0 Å². The van der Waals surface area contributed by atoms with Crippen molar-refractivity contribution >= 4 is 23.2 Å². The summed E-state index contributed by atoms with van der Waals surface area (Å²) in [6.45, 7) is 4.35. The molecule has 0 saturated carbocycles. The summed E-state index contributed by atoms with van der Waals surface area (Å²) in [6, 6.07) is 5.89. The minimum atomic E-state index is 0.123. The average molecular weight is 276 g/mol. The van der Waals surface area contributed by atoms with Crippen LogP contribution >= 0.6 is 23.2 Å². The predicted octanol–water partition coefficient (Wildman–Crippen LogP) is 3.81. The fraction of sp³-hybridized carbons (Fsp3) is 0.538. The van der Waals surface area contributed by atoms with Gasteiger partial charge < -0.3 is 10.4 Å². The first-order valence-electron chi connectivity index (χ1n) is 5.90. The second-order valence-electron chi connectivity index (χ2n) is 4.17. The third-order valence-electron chi connectivity index (χ3n) is 2.88. The molecule has 17 heavy (non-hydrogen) atoms. The van der Waals surface area contributed by atoms with Crippen molar-refractivity contribution in [2.24, 2.45) is 0 Å². The summed E-state index contributed by atoms with van der Waals surface area (Å²) >= 11 is 12.1. The minimum absolute atomic E-state index is 0.123. The van der Waals surface area contributed by atoms with Crippen LogP contribution in [0, 0.1) is 0 Å². The van der Waals surface area contributed by atoms with Crippen molar-refractivity contribution in [3.05, 3.63) is 33.8 Å². The third-order valence-corrected chi connectivity index (χ3v) is 3.46. The summed E-state index contributed by atoms with van der Waals surface area (Å²) in [6.07, 6.45) is 1.72. The number of aliphatic hydroxyl groups is 1. The Morgan fingerprint density at radius 1 is 1.35 bits per heavy atom. The highest BCUT2D eigenvalue weighted by Crippen LogP contribution is 2.26. The Morgan fingerprint density at radius 3 is 2.65 bits per heavy atom. The molecule has 0 aliphatic heterocycles. The second-order valence-corrected chi connectivity index (χ2v) is 5.02. The van der Waals surface area contributed by atoms with Crippen LogP contribution in [0.15, 0.2) is 18.2 Å². The fourth-order valence-electron chi connectivity index (χ4n) is 1.85. The molecule has 0 heterocycles. The molecule has 1 rings (SSSR count). The van der Waals surface area contributed by atoms with Crippen molar-refractivity contribution in [1.29, 1.82) is 0 Å². The Morgan fingerprint density at radius 2 is 2.06 bits per heavy atom. The number of benzene rings is 1. The van der Waals surface area contributed by atoms with Crippen LogP contribution in [0.25, 0.3) is 0 Å². The topological polar surface area (TPSA) is 32.3 Å². The number of rotatable bonds is 6. The van der Waals surface area contributed by atoms with Gasteiger partial charge in [0.1, 0.15) is 0 Å². The zero-order valence-corrected chi connectivity index (χ0v) is 11.7. The van der Waals surface area contributed by atoms with Crippen LogP contribution in [-0.2, 0) is 0 Å². The summed E-state index contributed by atoms with van der Waals surface area (Å²) in [5, 5.41) is 13.8. The van der Waals surface area contributed by atoms with Crippen LogP contribution < -0.4 is 5.32 Å². The van der Waals surface area contributed by atoms with Gasteiger partial charge in [0.15, 0.2) is 0 Å². The van der Waals surface area contributed by atoms with E-state index in [2.05, 4.69) is 19.2 Å². The molecule has 0 aliphatic carbocycles. The van der Waals surface area contributed by atoms with E-state index >= 15 is 0 Å². The van der Waals surface area contributed by atoms with Gasteiger partial charge in [-0.1, -0.05) is 30.1 Å². The molecule has 0 spiro atoms. The predicted molar refractivity (Wildman–Crippen MR) is 73.8 cm³/mol. The van der Waals surface area contributed by atoms with E-state index in [0.717, 1.165) is 18.4 Å². The Hall–Kier alpha value is -0.280. The maximum absolute atomic E-state index is 8.96. The quantitative estimate of drug-likeness (QED) is 0.828. The smallest absolute Gasteiger partial charge is 0.0454 e. The molecule has 0 fully saturated rings. The molecule has 0 aromatic heterocycles. The molecule has 0 bridgehead atoms. The van der Waals surface area contributed by atoms with Gasteiger partial charge in [0.05, 0.1) is 0 Å². The number of halogens is 2. The van der Waals surface area contributed by atoms with E-state index in [-0.39, 0.29) is 12.6 Å². The normalized spacial score (nSPS) is 14.6. The summed E-state index contributed by atoms with van der Waals surface area (Å²) in [7, 11) is 0. The molecule has 2 N–H and O–H groups in total. The third kappa shape index (κ3) is 4.47. The van der Waals surface area contributed by atoms with E-state index in [1.54, 1.807) is 6.07 Å². The van der Waals surface area contributed by atoms with Crippen LogP contribution in [0.5, 0.6) is 0 Å². The molecule has 0 amide bonds. The monoisotopic (exact) mass is 275 g/mol. The molecular formula is C13H19Cl2NO. The molecule has 2 nitrogen and oxygen atoms in total. The summed E-state index contributed by atoms with van der Waals surface area (Å²) in [5.41, 5.74) is 0.996. The van der Waals surface area contributed by atoms with Crippen molar-refractivity contribution in [1.82, 2.24) is 5.32 Å². The largest absolute Gasteiger partial charge is 0.396 e. The molecule has 0 aliphatic rings. The molecule has 2 atom stereocenters. The van der Waals surface area contributed by atoms with Crippen LogP contribution in [0.1, 0.15) is 38.3 Å². The molecule has 96 valence electrons. The van der Waals surface area contributed by atoms with Crippen LogP contribution in [0.3, 0.4) is 0 Å². The van der Waals surface area contributed by atoms with Gasteiger partial charge in [-0.05, 0) is 43.5 Å². The zero-order valence-electron chi connectivity index (χ0n) is 10.2. The average Bonchev–Trinajstić information content (AvgIpc) is 2.31. The Balaban J connectivity index is 2.74.